The molecule has 1 aromatic heterocycles. The van der Waals surface area contributed by atoms with Gasteiger partial charge in [-0.2, -0.15) is 4.98 Å². The first-order valence-electron chi connectivity index (χ1n) is 8.97. The van der Waals surface area contributed by atoms with Gasteiger partial charge in [0, 0.05) is 0 Å². The van der Waals surface area contributed by atoms with Crippen molar-refractivity contribution >= 4 is 29.6 Å². The van der Waals surface area contributed by atoms with Gasteiger partial charge in [0.05, 0.1) is 24.3 Å². The molecule has 0 unspecified atom stereocenters. The number of fused-ring (bicyclic) bond motifs is 2. The average Bonchev–Trinajstić information content (AvgIpc) is 3.21. The van der Waals surface area contributed by atoms with Crippen LogP contribution in [0.3, 0.4) is 0 Å². The quantitative estimate of drug-likeness (QED) is 0.647. The van der Waals surface area contributed by atoms with Crippen molar-refractivity contribution in [2.24, 2.45) is 11.8 Å². The normalized spacial score (nSPS) is 26.7. The van der Waals surface area contributed by atoms with E-state index in [0.717, 1.165) is 10.5 Å². The second kappa shape index (κ2) is 5.87. The van der Waals surface area contributed by atoms with Crippen LogP contribution in [-0.2, 0) is 14.4 Å². The number of nitrogens with zero attached hydrogens (tertiary/aromatic N) is 4. The summed E-state index contributed by atoms with van der Waals surface area (Å²) in [6, 6.07) is 9.20. The van der Waals surface area contributed by atoms with Gasteiger partial charge in [0.25, 0.3) is 5.95 Å². The minimum atomic E-state index is -0.345. The molecule has 2 aromatic rings. The Hall–Kier alpha value is -3.29. The molecule has 3 amide bonds. The average molecular weight is 363 g/mol. The molecular formula is C19H17N5O3. The highest BCUT2D eigenvalue weighted by Gasteiger charge is 2.49. The summed E-state index contributed by atoms with van der Waals surface area (Å²) in [5, 5.41) is 7.12. The Morgan fingerprint density at radius 3 is 2.30 bits per heavy atom. The van der Waals surface area contributed by atoms with Gasteiger partial charge in [-0.05, 0) is 18.4 Å². The summed E-state index contributed by atoms with van der Waals surface area (Å²) in [5.41, 5.74) is 0.919. The third-order valence-corrected chi connectivity index (χ3v) is 5.44. The molecule has 136 valence electrons. The van der Waals surface area contributed by atoms with Crippen molar-refractivity contribution in [3.63, 3.8) is 0 Å². The largest absolute Gasteiger partial charge is 0.295 e. The van der Waals surface area contributed by atoms with E-state index in [1.165, 1.54) is 0 Å². The van der Waals surface area contributed by atoms with Crippen LogP contribution in [0.25, 0.3) is 0 Å². The van der Waals surface area contributed by atoms with Gasteiger partial charge in [-0.3, -0.25) is 19.7 Å². The summed E-state index contributed by atoms with van der Waals surface area (Å²) >= 11 is 0. The summed E-state index contributed by atoms with van der Waals surface area (Å²) in [7, 11) is 0. The lowest BCUT2D eigenvalue weighted by Gasteiger charge is -2.23. The van der Waals surface area contributed by atoms with Crippen molar-refractivity contribution in [3.8, 4) is 0 Å². The van der Waals surface area contributed by atoms with E-state index in [1.54, 1.807) is 4.68 Å². The minimum absolute atomic E-state index is 0.0394. The first kappa shape index (κ1) is 15.9. The van der Waals surface area contributed by atoms with Crippen molar-refractivity contribution in [2.75, 3.05) is 10.2 Å². The fraction of sp³-hybridized carbons (Fsp3) is 0.316. The maximum atomic E-state index is 12.8. The monoisotopic (exact) mass is 363 g/mol. The Labute approximate surface area is 154 Å². The van der Waals surface area contributed by atoms with Gasteiger partial charge in [-0.15, -0.1) is 5.10 Å². The molecule has 8 heteroatoms. The zero-order valence-corrected chi connectivity index (χ0v) is 14.4. The molecule has 1 fully saturated rings. The van der Waals surface area contributed by atoms with E-state index in [2.05, 4.69) is 15.4 Å². The van der Waals surface area contributed by atoms with Gasteiger partial charge in [-0.1, -0.05) is 42.5 Å². The Balaban J connectivity index is 1.54. The van der Waals surface area contributed by atoms with Gasteiger partial charge < -0.3 is 0 Å². The SMILES string of the molecule is O=C1C[C@@H](c2ccccc2)n2nc(N3C(=O)[C@H]4CC=CC[C@@H]4C3=O)nc2N1. The zero-order valence-electron chi connectivity index (χ0n) is 14.4. The molecule has 3 heterocycles. The number of carbonyl (C=O) groups excluding carboxylic acids is 3. The topological polar surface area (TPSA) is 97.2 Å². The predicted molar refractivity (Wildman–Crippen MR) is 95.7 cm³/mol. The lowest BCUT2D eigenvalue weighted by Crippen LogP contribution is -2.32. The molecule has 1 N–H and O–H groups in total. The summed E-state index contributed by atoms with van der Waals surface area (Å²) < 4.78 is 1.59. The van der Waals surface area contributed by atoms with Crippen molar-refractivity contribution < 1.29 is 14.4 Å². The molecule has 8 nitrogen and oxygen atoms in total. The number of anilines is 2. The minimum Gasteiger partial charge on any atom is -0.295 e. The lowest BCUT2D eigenvalue weighted by molar-refractivity contribution is -0.122. The maximum Gasteiger partial charge on any atom is 0.260 e. The number of imide groups is 1. The van der Waals surface area contributed by atoms with Crippen molar-refractivity contribution in [2.45, 2.75) is 25.3 Å². The van der Waals surface area contributed by atoms with Crippen LogP contribution in [0.15, 0.2) is 42.5 Å². The first-order chi connectivity index (χ1) is 13.1. The number of hydrogen-bond donors (Lipinski definition) is 1. The van der Waals surface area contributed by atoms with Crippen LogP contribution in [0, 0.1) is 11.8 Å². The number of amides is 3. The number of allylic oxidation sites excluding steroid dienone is 2. The van der Waals surface area contributed by atoms with E-state index in [1.807, 2.05) is 42.5 Å². The van der Waals surface area contributed by atoms with Gasteiger partial charge in [0.2, 0.25) is 23.7 Å². The fourth-order valence-electron chi connectivity index (χ4n) is 4.08. The molecule has 2 aliphatic heterocycles. The highest BCUT2D eigenvalue weighted by molar-refractivity contribution is 6.21. The van der Waals surface area contributed by atoms with E-state index in [9.17, 15) is 14.4 Å². The maximum absolute atomic E-state index is 12.8. The lowest BCUT2D eigenvalue weighted by atomic mass is 9.85. The molecule has 0 saturated carbocycles. The van der Waals surface area contributed by atoms with Gasteiger partial charge in [0.1, 0.15) is 0 Å². The zero-order chi connectivity index (χ0) is 18.5. The highest BCUT2D eigenvalue weighted by atomic mass is 16.2. The van der Waals surface area contributed by atoms with Crippen LogP contribution in [-0.4, -0.2) is 32.5 Å². The van der Waals surface area contributed by atoms with Gasteiger partial charge >= 0.3 is 0 Å². The molecule has 0 bridgehead atoms. The second-order valence-electron chi connectivity index (χ2n) is 7.03. The Morgan fingerprint density at radius 2 is 1.63 bits per heavy atom. The van der Waals surface area contributed by atoms with Gasteiger partial charge in [0.15, 0.2) is 0 Å². The van der Waals surface area contributed by atoms with E-state index >= 15 is 0 Å². The molecule has 3 aliphatic rings. The molecule has 1 aliphatic carbocycles. The smallest absolute Gasteiger partial charge is 0.260 e. The van der Waals surface area contributed by atoms with E-state index in [4.69, 9.17) is 0 Å². The summed E-state index contributed by atoms with van der Waals surface area (Å²) in [6.07, 6.45) is 5.21. The van der Waals surface area contributed by atoms with E-state index in [-0.39, 0.29) is 53.9 Å². The first-order valence-corrected chi connectivity index (χ1v) is 8.97. The molecule has 0 spiro atoms. The summed E-state index contributed by atoms with van der Waals surface area (Å²) in [6.45, 7) is 0. The van der Waals surface area contributed by atoms with Crippen LogP contribution in [0.4, 0.5) is 11.9 Å². The molecule has 1 aromatic carbocycles. The van der Waals surface area contributed by atoms with Crippen molar-refractivity contribution in [3.05, 3.63) is 48.0 Å². The van der Waals surface area contributed by atoms with Crippen LogP contribution >= 0.6 is 0 Å². The molecule has 1 saturated heterocycles. The predicted octanol–water partition coefficient (Wildman–Crippen LogP) is 1.67. The molecular weight excluding hydrogens is 346 g/mol. The Kier molecular flexibility index (Phi) is 3.46. The van der Waals surface area contributed by atoms with Crippen LogP contribution in [0.2, 0.25) is 0 Å². The van der Waals surface area contributed by atoms with Crippen LogP contribution in [0.1, 0.15) is 30.9 Å². The highest BCUT2D eigenvalue weighted by Crippen LogP contribution is 2.38. The van der Waals surface area contributed by atoms with Crippen LogP contribution < -0.4 is 10.2 Å². The number of benzene rings is 1. The molecule has 5 rings (SSSR count). The second-order valence-corrected chi connectivity index (χ2v) is 7.03. The Morgan fingerprint density at radius 1 is 0.963 bits per heavy atom. The van der Waals surface area contributed by atoms with E-state index in [0.29, 0.717) is 12.8 Å². The molecule has 3 atom stereocenters. The third kappa shape index (κ3) is 2.40. The number of aromatic nitrogens is 3. The Bertz CT molecular complexity index is 954. The number of rotatable bonds is 2. The number of hydrogen-bond acceptors (Lipinski definition) is 5. The van der Waals surface area contributed by atoms with Crippen molar-refractivity contribution in [1.29, 1.82) is 0 Å². The number of nitrogens with one attached hydrogen (secondary N) is 1. The summed E-state index contributed by atoms with van der Waals surface area (Å²) in [4.78, 5) is 43.1. The molecule has 0 radical (unpaired) electrons. The van der Waals surface area contributed by atoms with Crippen LogP contribution in [0.5, 0.6) is 0 Å². The van der Waals surface area contributed by atoms with E-state index < -0.39 is 0 Å². The van der Waals surface area contributed by atoms with Gasteiger partial charge in [-0.25, -0.2) is 9.58 Å². The fourth-order valence-corrected chi connectivity index (χ4v) is 4.08. The number of carbonyl (C=O) groups is 3. The standard InChI is InChI=1S/C19H17N5O3/c25-15-10-14(11-6-2-1-3-7-11)24-18(20-15)21-19(22-24)23-16(26)12-8-4-5-9-13(12)17(23)27/h1-7,12-14H,8-10H2,(H,20,21,22,25)/t12-,13-,14-/m0/s1. The van der Waals surface area contributed by atoms with Crippen molar-refractivity contribution in [1.82, 2.24) is 14.8 Å². The molecule has 27 heavy (non-hydrogen) atoms. The summed E-state index contributed by atoms with van der Waals surface area (Å²) in [5.74, 6) is -1.10. The third-order valence-electron chi connectivity index (χ3n) is 5.44.